The number of aryl methyl sites for hydroxylation is 2. The summed E-state index contributed by atoms with van der Waals surface area (Å²) in [5.74, 6) is 0.647. The van der Waals surface area contributed by atoms with Crippen molar-refractivity contribution in [3.8, 4) is 28.4 Å². The lowest BCUT2D eigenvalue weighted by atomic mass is 9.97. The monoisotopic (exact) mass is 678 g/mol. The number of amides is 3. The first-order valence-electron chi connectivity index (χ1n) is 16.0. The fourth-order valence-corrected chi connectivity index (χ4v) is 6.60. The molecule has 49 heavy (non-hydrogen) atoms. The Labute approximate surface area is 288 Å². The number of carbonyl (C=O) groups excluding carboxylic acids is 3. The molecular formula is C38H35ClN4O6. The van der Waals surface area contributed by atoms with Gasteiger partial charge in [0.2, 0.25) is 0 Å². The lowest BCUT2D eigenvalue weighted by Crippen LogP contribution is -2.45. The predicted molar refractivity (Wildman–Crippen MR) is 187 cm³/mol. The minimum Gasteiger partial charge on any atom is -0.493 e. The summed E-state index contributed by atoms with van der Waals surface area (Å²) in [4.78, 5) is 45.5. The Morgan fingerprint density at radius 2 is 1.82 bits per heavy atom. The molecule has 11 heteroatoms. The van der Waals surface area contributed by atoms with Crippen LogP contribution < -0.4 is 24.8 Å². The number of halogens is 1. The predicted octanol–water partition coefficient (Wildman–Crippen LogP) is 5.82. The number of hydrogen-bond donors (Lipinski definition) is 3. The fourth-order valence-electron chi connectivity index (χ4n) is 6.43. The first kappa shape index (κ1) is 32.1. The summed E-state index contributed by atoms with van der Waals surface area (Å²) >= 11 is 6.25. The normalized spacial score (nSPS) is 17.8. The second-order valence-corrected chi connectivity index (χ2v) is 12.8. The molecule has 1 saturated heterocycles. The molecule has 4 heterocycles. The molecule has 3 aliphatic heterocycles. The summed E-state index contributed by atoms with van der Waals surface area (Å²) in [7, 11) is 1.54. The van der Waals surface area contributed by atoms with Crippen molar-refractivity contribution in [2.24, 2.45) is 0 Å². The average Bonchev–Trinajstić information content (AvgIpc) is 3.65. The Morgan fingerprint density at radius 1 is 0.959 bits per heavy atom. The first-order chi connectivity index (χ1) is 23.7. The van der Waals surface area contributed by atoms with E-state index in [1.54, 1.807) is 35.2 Å². The number of aromatic amines is 1. The third kappa shape index (κ3) is 6.51. The molecule has 0 unspecified atom stereocenters. The number of methoxy groups -OCH3 is 1. The molecule has 1 aromatic heterocycles. The van der Waals surface area contributed by atoms with Gasteiger partial charge in [-0.15, -0.1) is 0 Å². The molecule has 10 nitrogen and oxygen atoms in total. The number of nitrogens with one attached hydrogen (secondary N) is 3. The molecule has 8 rings (SSSR count). The summed E-state index contributed by atoms with van der Waals surface area (Å²) in [6.07, 6.45) is -0.601. The molecule has 0 radical (unpaired) electrons. The smallest absolute Gasteiger partial charge is 0.270 e. The van der Waals surface area contributed by atoms with Crippen LogP contribution in [0.1, 0.15) is 37.5 Å². The van der Waals surface area contributed by atoms with Crippen LogP contribution in [0.15, 0.2) is 78.9 Å². The number of carbonyl (C=O) groups is 3. The summed E-state index contributed by atoms with van der Waals surface area (Å²) in [5.41, 5.74) is 5.98. The van der Waals surface area contributed by atoms with Crippen molar-refractivity contribution in [3.63, 3.8) is 0 Å². The molecule has 0 saturated carbocycles. The van der Waals surface area contributed by atoms with Crippen LogP contribution in [0.25, 0.3) is 22.0 Å². The highest BCUT2D eigenvalue weighted by Gasteiger charge is 2.39. The lowest BCUT2D eigenvalue weighted by molar-refractivity contribution is -0.123. The number of hydrogen-bond acceptors (Lipinski definition) is 6. The molecule has 0 spiro atoms. The molecule has 6 bridgehead atoms. The van der Waals surface area contributed by atoms with E-state index in [2.05, 4.69) is 15.6 Å². The van der Waals surface area contributed by atoms with E-state index in [4.69, 9.17) is 25.8 Å². The standard InChI is InChI=1S/C38H35ClN4O6/c1-21-7-9-25-15-28(21)24-5-4-6-27(14-24)48-20-35(44)40-17-23-8-12-32(33(13-23)47-3)49-34-19-43(18-31(34)42-37(25)45)38(46)36-22(2)29-16-26(39)10-11-30(29)41-36/h4-16,31,34,41H,17-20H2,1-3H3,(H,40,44)(H,42,45)/t31-,34-/m0/s1. The average molecular weight is 679 g/mol. The zero-order valence-electron chi connectivity index (χ0n) is 27.3. The number of likely N-dealkylation sites (tertiary alicyclic amines) is 1. The molecule has 0 aliphatic carbocycles. The van der Waals surface area contributed by atoms with Gasteiger partial charge in [0, 0.05) is 34.6 Å². The van der Waals surface area contributed by atoms with Crippen LogP contribution in [0.2, 0.25) is 5.02 Å². The Balaban J connectivity index is 1.25. The summed E-state index contributed by atoms with van der Waals surface area (Å²) in [6.45, 7) is 4.39. The number of benzene rings is 4. The van der Waals surface area contributed by atoms with E-state index >= 15 is 0 Å². The number of rotatable bonds is 2. The van der Waals surface area contributed by atoms with Crippen molar-refractivity contribution >= 4 is 40.2 Å². The third-order valence-corrected chi connectivity index (χ3v) is 9.35. The van der Waals surface area contributed by atoms with Gasteiger partial charge in [-0.2, -0.15) is 0 Å². The molecule has 250 valence electrons. The van der Waals surface area contributed by atoms with E-state index in [0.717, 1.165) is 38.7 Å². The van der Waals surface area contributed by atoms with Crippen LogP contribution in [0.5, 0.6) is 17.2 Å². The first-order valence-corrected chi connectivity index (χ1v) is 16.4. The maximum Gasteiger partial charge on any atom is 0.270 e. The zero-order chi connectivity index (χ0) is 34.2. The fraction of sp³-hybridized carbons (Fsp3) is 0.237. The zero-order valence-corrected chi connectivity index (χ0v) is 28.0. The Kier molecular flexibility index (Phi) is 8.64. The Morgan fingerprint density at radius 3 is 2.65 bits per heavy atom. The summed E-state index contributed by atoms with van der Waals surface area (Å²) < 4.78 is 18.0. The van der Waals surface area contributed by atoms with Gasteiger partial charge in [0.1, 0.15) is 17.5 Å². The lowest BCUT2D eigenvalue weighted by Gasteiger charge is -2.23. The van der Waals surface area contributed by atoms with Crippen molar-refractivity contribution in [3.05, 3.63) is 112 Å². The van der Waals surface area contributed by atoms with Crippen LogP contribution in [-0.2, 0) is 11.3 Å². The van der Waals surface area contributed by atoms with Crippen molar-refractivity contribution < 1.29 is 28.6 Å². The van der Waals surface area contributed by atoms with Crippen LogP contribution in [0.3, 0.4) is 0 Å². The molecular weight excluding hydrogens is 644 g/mol. The number of aromatic nitrogens is 1. The Bertz CT molecular complexity index is 2110. The number of fused-ring (bicyclic) bond motifs is 8. The highest BCUT2D eigenvalue weighted by atomic mass is 35.5. The van der Waals surface area contributed by atoms with Gasteiger partial charge < -0.3 is 34.7 Å². The largest absolute Gasteiger partial charge is 0.493 e. The maximum absolute atomic E-state index is 14.0. The number of nitrogens with zero attached hydrogens (tertiary/aromatic N) is 1. The van der Waals surface area contributed by atoms with E-state index in [1.807, 2.05) is 62.4 Å². The van der Waals surface area contributed by atoms with Crippen LogP contribution >= 0.6 is 11.6 Å². The van der Waals surface area contributed by atoms with Gasteiger partial charge in [-0.25, -0.2) is 0 Å². The van der Waals surface area contributed by atoms with Gasteiger partial charge in [0.25, 0.3) is 17.7 Å². The van der Waals surface area contributed by atoms with Gasteiger partial charge in [0.05, 0.1) is 19.7 Å². The van der Waals surface area contributed by atoms with E-state index in [9.17, 15) is 14.4 Å². The number of H-pyrrole nitrogens is 1. The van der Waals surface area contributed by atoms with Gasteiger partial charge >= 0.3 is 0 Å². The second kappa shape index (κ2) is 13.2. The molecule has 3 N–H and O–H groups in total. The Hall–Kier alpha value is -5.48. The van der Waals surface area contributed by atoms with Gasteiger partial charge in [-0.1, -0.05) is 35.9 Å². The SMILES string of the molecule is COc1cc2ccc1O[C@H]1CN(C(=O)c3[nH]c4ccc(Cl)cc4c3C)C[C@@H]1NC(=O)c1ccc(C)c(c1)-c1cccc(c1)OCC(=O)NC2. The molecule has 4 aromatic carbocycles. The van der Waals surface area contributed by atoms with Gasteiger partial charge in [0.15, 0.2) is 18.1 Å². The molecule has 1 fully saturated rings. The minimum atomic E-state index is -0.601. The molecule has 3 aliphatic rings. The molecule has 3 amide bonds. The van der Waals surface area contributed by atoms with Gasteiger partial charge in [-0.3, -0.25) is 14.4 Å². The maximum atomic E-state index is 14.0. The van der Waals surface area contributed by atoms with E-state index in [1.165, 1.54) is 7.11 Å². The van der Waals surface area contributed by atoms with Crippen LogP contribution in [0.4, 0.5) is 0 Å². The van der Waals surface area contributed by atoms with Crippen LogP contribution in [-0.4, -0.2) is 66.6 Å². The third-order valence-electron chi connectivity index (χ3n) is 9.11. The van der Waals surface area contributed by atoms with E-state index in [-0.39, 0.29) is 44.0 Å². The quantitative estimate of drug-likeness (QED) is 0.216. The van der Waals surface area contributed by atoms with Gasteiger partial charge in [-0.05, 0) is 96.3 Å². The topological polar surface area (TPSA) is 122 Å². The van der Waals surface area contributed by atoms with E-state index in [0.29, 0.717) is 33.5 Å². The van der Waals surface area contributed by atoms with Crippen molar-refractivity contribution in [2.45, 2.75) is 32.5 Å². The minimum absolute atomic E-state index is 0.159. The molecule has 5 aromatic rings. The van der Waals surface area contributed by atoms with Crippen molar-refractivity contribution in [2.75, 3.05) is 26.8 Å². The second-order valence-electron chi connectivity index (χ2n) is 12.4. The number of ether oxygens (including phenoxy) is 3. The highest BCUT2D eigenvalue weighted by Crippen LogP contribution is 2.33. The molecule has 2 atom stereocenters. The summed E-state index contributed by atoms with van der Waals surface area (Å²) in [5, 5.41) is 7.50. The van der Waals surface area contributed by atoms with Crippen LogP contribution in [0, 0.1) is 13.8 Å². The van der Waals surface area contributed by atoms with E-state index < -0.39 is 12.1 Å². The summed E-state index contributed by atoms with van der Waals surface area (Å²) in [6, 6.07) is 23.2. The van der Waals surface area contributed by atoms with Crippen molar-refractivity contribution in [1.29, 1.82) is 0 Å². The highest BCUT2D eigenvalue weighted by molar-refractivity contribution is 6.31. The van der Waals surface area contributed by atoms with Crippen molar-refractivity contribution in [1.82, 2.24) is 20.5 Å².